The summed E-state index contributed by atoms with van der Waals surface area (Å²) in [4.78, 5) is 27.7. The van der Waals surface area contributed by atoms with Crippen molar-refractivity contribution in [3.63, 3.8) is 0 Å². The number of aryl methyl sites for hydroxylation is 1. The summed E-state index contributed by atoms with van der Waals surface area (Å²) in [6.07, 6.45) is -3.78. The quantitative estimate of drug-likeness (QED) is 0.328. The molecule has 186 valence electrons. The maximum absolute atomic E-state index is 13.4. The standard InChI is InChI=1S/C24H17Cl2F2N3O5/c1-3-30(16-4-5-18-19(10-16)36-24(27,28)35-18)20(32)11-31-23(33)17-6-12(2)34-22(17)21(29-31)13-7-14(25)9-15(26)8-13/h4-10H,3,11H2,1-2H3. The summed E-state index contributed by atoms with van der Waals surface area (Å²) in [7, 11) is 0. The molecule has 2 aromatic carbocycles. The van der Waals surface area contributed by atoms with E-state index in [-0.39, 0.29) is 40.4 Å². The number of alkyl halides is 2. The average Bonchev–Trinajstić information content (AvgIpc) is 3.33. The number of nitrogens with zero attached hydrogens (tertiary/aromatic N) is 3. The Morgan fingerprint density at radius 2 is 1.78 bits per heavy atom. The van der Waals surface area contributed by atoms with Crippen LogP contribution < -0.4 is 19.9 Å². The van der Waals surface area contributed by atoms with Crippen LogP contribution in [0.2, 0.25) is 10.0 Å². The van der Waals surface area contributed by atoms with Crippen LogP contribution in [0.15, 0.2) is 51.7 Å². The lowest BCUT2D eigenvalue weighted by Crippen LogP contribution is -2.37. The van der Waals surface area contributed by atoms with E-state index in [0.29, 0.717) is 21.4 Å². The molecule has 0 fully saturated rings. The van der Waals surface area contributed by atoms with Crippen molar-refractivity contribution >= 4 is 45.8 Å². The molecule has 0 saturated carbocycles. The van der Waals surface area contributed by atoms with Crippen molar-refractivity contribution in [2.24, 2.45) is 0 Å². The van der Waals surface area contributed by atoms with Gasteiger partial charge >= 0.3 is 6.29 Å². The van der Waals surface area contributed by atoms with Gasteiger partial charge < -0.3 is 18.8 Å². The van der Waals surface area contributed by atoms with E-state index in [1.165, 1.54) is 23.1 Å². The molecule has 0 unspecified atom stereocenters. The van der Waals surface area contributed by atoms with Crippen molar-refractivity contribution in [1.82, 2.24) is 9.78 Å². The van der Waals surface area contributed by atoms with E-state index in [9.17, 15) is 18.4 Å². The van der Waals surface area contributed by atoms with Crippen LogP contribution in [0.3, 0.4) is 0 Å². The number of carbonyl (C=O) groups is 1. The van der Waals surface area contributed by atoms with Crippen molar-refractivity contribution in [1.29, 1.82) is 0 Å². The number of amides is 1. The van der Waals surface area contributed by atoms with Crippen LogP contribution in [-0.2, 0) is 11.3 Å². The summed E-state index contributed by atoms with van der Waals surface area (Å²) in [6, 6.07) is 10.4. The molecule has 0 spiro atoms. The van der Waals surface area contributed by atoms with Crippen LogP contribution in [0.25, 0.3) is 22.2 Å². The summed E-state index contributed by atoms with van der Waals surface area (Å²) < 4.78 is 42.5. The Kier molecular flexibility index (Phi) is 5.88. The third-order valence-corrected chi connectivity index (χ3v) is 5.93. The number of carbonyl (C=O) groups excluding carboxylic acids is 1. The fourth-order valence-electron chi connectivity index (χ4n) is 4.01. The lowest BCUT2D eigenvalue weighted by atomic mass is 10.1. The Labute approximate surface area is 212 Å². The molecule has 0 aliphatic carbocycles. The number of anilines is 1. The minimum Gasteiger partial charge on any atom is -0.459 e. The number of hydrogen-bond donors (Lipinski definition) is 0. The molecule has 36 heavy (non-hydrogen) atoms. The molecule has 5 rings (SSSR count). The van der Waals surface area contributed by atoms with Crippen LogP contribution in [0.5, 0.6) is 11.5 Å². The number of benzene rings is 2. The molecule has 1 aliphatic heterocycles. The molecule has 0 radical (unpaired) electrons. The second kappa shape index (κ2) is 8.79. The fraction of sp³-hybridized carbons (Fsp3) is 0.208. The summed E-state index contributed by atoms with van der Waals surface area (Å²) in [6.45, 7) is 3.15. The van der Waals surface area contributed by atoms with Crippen LogP contribution in [0.4, 0.5) is 14.5 Å². The monoisotopic (exact) mass is 535 g/mol. The first-order valence-electron chi connectivity index (χ1n) is 10.7. The summed E-state index contributed by atoms with van der Waals surface area (Å²) >= 11 is 12.3. The van der Waals surface area contributed by atoms with Gasteiger partial charge in [0.05, 0.1) is 5.39 Å². The zero-order valence-corrected chi connectivity index (χ0v) is 20.4. The van der Waals surface area contributed by atoms with Crippen molar-refractivity contribution in [2.45, 2.75) is 26.7 Å². The Morgan fingerprint density at radius 3 is 2.47 bits per heavy atom. The van der Waals surface area contributed by atoms with Crippen LogP contribution in [0.1, 0.15) is 12.7 Å². The minimum atomic E-state index is -3.78. The molecule has 0 N–H and O–H groups in total. The maximum Gasteiger partial charge on any atom is 0.586 e. The van der Waals surface area contributed by atoms with Gasteiger partial charge in [-0.1, -0.05) is 23.2 Å². The van der Waals surface area contributed by atoms with E-state index >= 15 is 0 Å². The predicted octanol–water partition coefficient (Wildman–Crippen LogP) is 5.65. The lowest BCUT2D eigenvalue weighted by molar-refractivity contribution is -0.286. The highest BCUT2D eigenvalue weighted by atomic mass is 35.5. The van der Waals surface area contributed by atoms with Gasteiger partial charge in [-0.05, 0) is 50.2 Å². The van der Waals surface area contributed by atoms with Gasteiger partial charge in [-0.15, -0.1) is 8.78 Å². The number of likely N-dealkylation sites (N-methyl/N-ethyl adjacent to an activating group) is 1. The average molecular weight is 536 g/mol. The van der Waals surface area contributed by atoms with Gasteiger partial charge in [0, 0.05) is 33.9 Å². The Hall–Kier alpha value is -3.63. The number of ether oxygens (including phenoxy) is 2. The highest BCUT2D eigenvalue weighted by Crippen LogP contribution is 2.43. The summed E-state index contributed by atoms with van der Waals surface area (Å²) in [5.74, 6) is -0.368. The number of furan rings is 1. The second-order valence-electron chi connectivity index (χ2n) is 8.01. The van der Waals surface area contributed by atoms with Gasteiger partial charge in [-0.3, -0.25) is 9.59 Å². The van der Waals surface area contributed by atoms with Gasteiger partial charge in [0.2, 0.25) is 5.91 Å². The molecular formula is C24H17Cl2F2N3O5. The van der Waals surface area contributed by atoms with E-state index in [0.717, 1.165) is 4.68 Å². The smallest absolute Gasteiger partial charge is 0.459 e. The Balaban J connectivity index is 1.53. The molecule has 12 heteroatoms. The van der Waals surface area contributed by atoms with Gasteiger partial charge in [0.15, 0.2) is 17.1 Å². The molecule has 4 aromatic rings. The van der Waals surface area contributed by atoms with Crippen LogP contribution >= 0.6 is 23.2 Å². The molecule has 0 saturated heterocycles. The number of rotatable bonds is 5. The molecular weight excluding hydrogens is 519 g/mol. The summed E-state index contributed by atoms with van der Waals surface area (Å²) in [5, 5.41) is 5.34. The first-order valence-corrected chi connectivity index (χ1v) is 11.5. The number of halogens is 4. The first-order chi connectivity index (χ1) is 17.0. The zero-order chi connectivity index (χ0) is 25.8. The number of fused-ring (bicyclic) bond motifs is 2. The van der Waals surface area contributed by atoms with Crippen molar-refractivity contribution in [3.8, 4) is 22.8 Å². The topological polar surface area (TPSA) is 86.8 Å². The molecule has 0 atom stereocenters. The fourth-order valence-corrected chi connectivity index (χ4v) is 4.53. The third-order valence-electron chi connectivity index (χ3n) is 5.49. The third kappa shape index (κ3) is 4.38. The van der Waals surface area contributed by atoms with Crippen molar-refractivity contribution in [3.05, 3.63) is 68.6 Å². The normalized spacial score (nSPS) is 13.8. The van der Waals surface area contributed by atoms with E-state index in [1.807, 2.05) is 0 Å². The largest absolute Gasteiger partial charge is 0.586 e. The molecule has 3 heterocycles. The predicted molar refractivity (Wildman–Crippen MR) is 129 cm³/mol. The SMILES string of the molecule is CCN(C(=O)Cn1nc(-c2cc(Cl)cc(Cl)c2)c2oc(C)cc2c1=O)c1ccc2c(c1)OC(F)(F)O2. The van der Waals surface area contributed by atoms with Gasteiger partial charge in [-0.25, -0.2) is 4.68 Å². The van der Waals surface area contributed by atoms with E-state index in [1.54, 1.807) is 38.1 Å². The zero-order valence-electron chi connectivity index (χ0n) is 18.9. The van der Waals surface area contributed by atoms with Gasteiger partial charge in [-0.2, -0.15) is 5.10 Å². The van der Waals surface area contributed by atoms with Crippen molar-refractivity contribution < 1.29 is 27.5 Å². The van der Waals surface area contributed by atoms with E-state index < -0.39 is 24.3 Å². The highest BCUT2D eigenvalue weighted by molar-refractivity contribution is 6.35. The molecule has 1 aliphatic rings. The molecule has 2 aromatic heterocycles. The second-order valence-corrected chi connectivity index (χ2v) is 8.88. The first kappa shape index (κ1) is 24.1. The molecule has 0 bridgehead atoms. The lowest BCUT2D eigenvalue weighted by Gasteiger charge is -2.21. The maximum atomic E-state index is 13.4. The van der Waals surface area contributed by atoms with E-state index in [2.05, 4.69) is 14.6 Å². The number of aromatic nitrogens is 2. The molecule has 1 amide bonds. The minimum absolute atomic E-state index is 0.143. The van der Waals surface area contributed by atoms with Crippen LogP contribution in [-0.4, -0.2) is 28.5 Å². The van der Waals surface area contributed by atoms with Gasteiger partial charge in [0.25, 0.3) is 5.56 Å². The number of hydrogen-bond acceptors (Lipinski definition) is 6. The van der Waals surface area contributed by atoms with E-state index in [4.69, 9.17) is 27.6 Å². The Bertz CT molecular complexity index is 1560. The van der Waals surface area contributed by atoms with Crippen LogP contribution in [0, 0.1) is 6.92 Å². The Morgan fingerprint density at radius 1 is 1.08 bits per heavy atom. The molecule has 8 nitrogen and oxygen atoms in total. The van der Waals surface area contributed by atoms with Crippen molar-refractivity contribution in [2.75, 3.05) is 11.4 Å². The van der Waals surface area contributed by atoms with Gasteiger partial charge in [0.1, 0.15) is 18.0 Å². The summed E-state index contributed by atoms with van der Waals surface area (Å²) in [5.41, 5.74) is 0.773. The highest BCUT2D eigenvalue weighted by Gasteiger charge is 2.43.